The smallest absolute Gasteiger partial charge is 0.0559 e. The van der Waals surface area contributed by atoms with Gasteiger partial charge >= 0.3 is 0 Å². The van der Waals surface area contributed by atoms with Crippen LogP contribution in [0.25, 0.3) is 0 Å². The highest BCUT2D eigenvalue weighted by Gasteiger charge is 2.17. The minimum atomic E-state index is 0.131. The van der Waals surface area contributed by atoms with Crippen molar-refractivity contribution < 1.29 is 0 Å². The van der Waals surface area contributed by atoms with Gasteiger partial charge in [-0.3, -0.25) is 4.68 Å². The molecule has 4 heteroatoms. The largest absolute Gasteiger partial charge is 0.322 e. The normalized spacial score (nSPS) is 19.0. The number of hydrogen-bond acceptors (Lipinski definition) is 3. The highest BCUT2D eigenvalue weighted by atomic mass is 32.2. The van der Waals surface area contributed by atoms with Crippen molar-refractivity contribution in [1.29, 1.82) is 0 Å². The molecule has 1 atom stereocenters. The lowest BCUT2D eigenvalue weighted by atomic mass is 10.0. The Hall–Kier alpha value is -0.480. The Morgan fingerprint density at radius 2 is 2.22 bits per heavy atom. The molecule has 1 saturated carbocycles. The molecule has 1 aromatic heterocycles. The fourth-order valence-corrected chi connectivity index (χ4v) is 3.93. The number of thioether (sulfide) groups is 1. The first-order valence-electron chi connectivity index (χ1n) is 7.20. The lowest BCUT2D eigenvalue weighted by Gasteiger charge is -2.22. The van der Waals surface area contributed by atoms with E-state index in [1.807, 2.05) is 6.20 Å². The van der Waals surface area contributed by atoms with E-state index in [0.29, 0.717) is 0 Å². The molecule has 2 N–H and O–H groups in total. The molecule has 0 spiro atoms. The second kappa shape index (κ2) is 7.19. The average molecular weight is 267 g/mol. The predicted octanol–water partition coefficient (Wildman–Crippen LogP) is 3.36. The first kappa shape index (κ1) is 13.9. The second-order valence-electron chi connectivity index (χ2n) is 5.18. The summed E-state index contributed by atoms with van der Waals surface area (Å²) >= 11 is 2.06. The molecule has 1 aliphatic rings. The third-order valence-corrected chi connectivity index (χ3v) is 5.12. The zero-order valence-electron chi connectivity index (χ0n) is 11.3. The molecule has 0 aromatic carbocycles. The molecular formula is C14H25N3S. The van der Waals surface area contributed by atoms with Crippen molar-refractivity contribution in [2.75, 3.05) is 5.75 Å². The van der Waals surface area contributed by atoms with Gasteiger partial charge in [0, 0.05) is 23.7 Å². The molecule has 2 rings (SSSR count). The van der Waals surface area contributed by atoms with Crippen LogP contribution in [0.3, 0.4) is 0 Å². The summed E-state index contributed by atoms with van der Waals surface area (Å²) < 4.78 is 2.06. The Labute approximate surface area is 115 Å². The van der Waals surface area contributed by atoms with Gasteiger partial charge in [0.05, 0.1) is 11.7 Å². The fraction of sp³-hybridized carbons (Fsp3) is 0.786. The Bertz CT molecular complexity index is 345. The van der Waals surface area contributed by atoms with Crippen LogP contribution in [-0.2, 0) is 6.54 Å². The maximum Gasteiger partial charge on any atom is 0.0559 e. The lowest BCUT2D eigenvalue weighted by Crippen LogP contribution is -2.20. The van der Waals surface area contributed by atoms with Crippen molar-refractivity contribution in [3.8, 4) is 0 Å². The van der Waals surface area contributed by atoms with E-state index in [0.717, 1.165) is 24.0 Å². The molecule has 1 unspecified atom stereocenters. The summed E-state index contributed by atoms with van der Waals surface area (Å²) in [6.45, 7) is 3.15. The van der Waals surface area contributed by atoms with Gasteiger partial charge in [-0.25, -0.2) is 0 Å². The van der Waals surface area contributed by atoms with E-state index in [2.05, 4.69) is 34.5 Å². The summed E-state index contributed by atoms with van der Waals surface area (Å²) in [6.07, 6.45) is 9.97. The molecule has 1 heterocycles. The molecule has 1 fully saturated rings. The van der Waals surface area contributed by atoms with E-state index in [4.69, 9.17) is 5.73 Å². The van der Waals surface area contributed by atoms with E-state index >= 15 is 0 Å². The monoisotopic (exact) mass is 267 g/mol. The molecule has 0 bridgehead atoms. The van der Waals surface area contributed by atoms with Crippen LogP contribution in [0.1, 0.15) is 57.2 Å². The Morgan fingerprint density at radius 3 is 2.94 bits per heavy atom. The van der Waals surface area contributed by atoms with Crippen LogP contribution in [0.4, 0.5) is 0 Å². The van der Waals surface area contributed by atoms with Gasteiger partial charge < -0.3 is 5.73 Å². The fourth-order valence-electron chi connectivity index (χ4n) is 2.61. The molecule has 1 aliphatic carbocycles. The standard InChI is InChI=1S/C14H25N3S/c1-2-10-17-14(8-9-16-17)13(15)11-18-12-6-4-3-5-7-12/h8-9,12-13H,2-7,10-11,15H2,1H3. The third kappa shape index (κ3) is 3.75. The first-order chi connectivity index (χ1) is 8.81. The summed E-state index contributed by atoms with van der Waals surface area (Å²) in [6, 6.07) is 2.20. The maximum atomic E-state index is 6.31. The van der Waals surface area contributed by atoms with Gasteiger partial charge in [-0.05, 0) is 25.3 Å². The van der Waals surface area contributed by atoms with E-state index in [1.54, 1.807) is 0 Å². The zero-order valence-corrected chi connectivity index (χ0v) is 12.2. The molecule has 1 aromatic rings. The quantitative estimate of drug-likeness (QED) is 0.859. The molecule has 0 aliphatic heterocycles. The van der Waals surface area contributed by atoms with Gasteiger partial charge in [0.15, 0.2) is 0 Å². The van der Waals surface area contributed by atoms with E-state index in [9.17, 15) is 0 Å². The first-order valence-corrected chi connectivity index (χ1v) is 8.25. The van der Waals surface area contributed by atoms with Gasteiger partial charge in [-0.1, -0.05) is 26.2 Å². The highest BCUT2D eigenvalue weighted by molar-refractivity contribution is 7.99. The number of nitrogens with two attached hydrogens (primary N) is 1. The molecular weight excluding hydrogens is 242 g/mol. The van der Waals surface area contributed by atoms with Gasteiger partial charge in [0.25, 0.3) is 0 Å². The highest BCUT2D eigenvalue weighted by Crippen LogP contribution is 2.30. The lowest BCUT2D eigenvalue weighted by molar-refractivity contribution is 0.514. The SMILES string of the molecule is CCCn1nccc1C(N)CSC1CCCCC1. The van der Waals surface area contributed by atoms with Crippen molar-refractivity contribution in [1.82, 2.24) is 9.78 Å². The number of rotatable bonds is 6. The Balaban J connectivity index is 1.82. The summed E-state index contributed by atoms with van der Waals surface area (Å²) in [5.41, 5.74) is 7.50. The van der Waals surface area contributed by atoms with Crippen molar-refractivity contribution in [2.45, 2.75) is 63.3 Å². The number of aromatic nitrogens is 2. The van der Waals surface area contributed by atoms with Crippen LogP contribution < -0.4 is 5.73 Å². The van der Waals surface area contributed by atoms with Crippen LogP contribution in [-0.4, -0.2) is 20.8 Å². The van der Waals surface area contributed by atoms with Crippen LogP contribution in [0.2, 0.25) is 0 Å². The number of nitrogens with zero attached hydrogens (tertiary/aromatic N) is 2. The van der Waals surface area contributed by atoms with Gasteiger partial charge in [-0.15, -0.1) is 0 Å². The van der Waals surface area contributed by atoms with E-state index < -0.39 is 0 Å². The summed E-state index contributed by atoms with van der Waals surface area (Å²) in [5, 5.41) is 5.19. The van der Waals surface area contributed by atoms with Crippen LogP contribution >= 0.6 is 11.8 Å². The molecule has 0 saturated heterocycles. The van der Waals surface area contributed by atoms with Crippen molar-refractivity contribution in [3.63, 3.8) is 0 Å². The zero-order chi connectivity index (χ0) is 12.8. The molecule has 102 valence electrons. The van der Waals surface area contributed by atoms with Gasteiger partial charge in [0.1, 0.15) is 0 Å². The summed E-state index contributed by atoms with van der Waals surface area (Å²) in [4.78, 5) is 0. The molecule has 3 nitrogen and oxygen atoms in total. The minimum Gasteiger partial charge on any atom is -0.322 e. The molecule has 18 heavy (non-hydrogen) atoms. The summed E-state index contributed by atoms with van der Waals surface area (Å²) in [7, 11) is 0. The van der Waals surface area contributed by atoms with Crippen LogP contribution in [0, 0.1) is 0 Å². The number of hydrogen-bond donors (Lipinski definition) is 1. The third-order valence-electron chi connectivity index (χ3n) is 3.63. The summed E-state index contributed by atoms with van der Waals surface area (Å²) in [5.74, 6) is 1.03. The average Bonchev–Trinajstić information content (AvgIpc) is 2.86. The topological polar surface area (TPSA) is 43.8 Å². The molecule has 0 radical (unpaired) electrons. The maximum absolute atomic E-state index is 6.31. The Kier molecular flexibility index (Phi) is 5.57. The molecule has 0 amide bonds. The van der Waals surface area contributed by atoms with E-state index in [1.165, 1.54) is 37.8 Å². The Morgan fingerprint density at radius 1 is 1.44 bits per heavy atom. The predicted molar refractivity (Wildman–Crippen MR) is 78.8 cm³/mol. The van der Waals surface area contributed by atoms with Crippen LogP contribution in [0.15, 0.2) is 12.3 Å². The van der Waals surface area contributed by atoms with Crippen molar-refractivity contribution >= 4 is 11.8 Å². The van der Waals surface area contributed by atoms with E-state index in [-0.39, 0.29) is 6.04 Å². The second-order valence-corrected chi connectivity index (χ2v) is 6.51. The van der Waals surface area contributed by atoms with Crippen LogP contribution in [0.5, 0.6) is 0 Å². The minimum absolute atomic E-state index is 0.131. The van der Waals surface area contributed by atoms with Crippen molar-refractivity contribution in [2.24, 2.45) is 5.73 Å². The number of aryl methyl sites for hydroxylation is 1. The van der Waals surface area contributed by atoms with Gasteiger partial charge in [0.2, 0.25) is 0 Å². The van der Waals surface area contributed by atoms with Gasteiger partial charge in [-0.2, -0.15) is 16.9 Å². The van der Waals surface area contributed by atoms with Crippen molar-refractivity contribution in [3.05, 3.63) is 18.0 Å².